The van der Waals surface area contributed by atoms with Gasteiger partial charge in [-0.1, -0.05) is 97.1 Å². The summed E-state index contributed by atoms with van der Waals surface area (Å²) in [5.41, 5.74) is 9.09. The lowest BCUT2D eigenvalue weighted by molar-refractivity contribution is -0.00889. The highest BCUT2D eigenvalue weighted by Crippen LogP contribution is 2.64. The second kappa shape index (κ2) is 18.5. The zero-order chi connectivity index (χ0) is 47.3. The number of aromatic hydroxyl groups is 1. The standard InChI is InChI=1S/C32H32O4.C30H28O3/c1-35-20-36-31-28(30(34)25-7-3-2-4-8-25)14-27(26-9-5-6-21(13-26)19-33)15-29(31)32-16-22-10-23(17-32)12-24(11-22)18-32;31-18-19-5-4-8-24(12-19)25-13-26(28(32)23-6-2-1-3-7-23)29(33)27(14-25)30-15-20-9-21(16-30)11-22(10-20)17-30/h2-9,13-15,19,22-24H,10-12,16-18,20H2,1H3;1-8,12-14,18,20-22,33H,9-11,15-17H2. The molecule has 8 fully saturated rings. The van der Waals surface area contributed by atoms with Crippen molar-refractivity contribution < 1.29 is 33.8 Å². The van der Waals surface area contributed by atoms with Crippen LogP contribution in [0.5, 0.6) is 11.5 Å². The van der Waals surface area contributed by atoms with Gasteiger partial charge in [0, 0.05) is 40.5 Å². The molecule has 0 atom stereocenters. The predicted molar refractivity (Wildman–Crippen MR) is 268 cm³/mol. The molecule has 7 heteroatoms. The molecule has 0 heterocycles. The van der Waals surface area contributed by atoms with Crippen molar-refractivity contribution in [3.8, 4) is 33.8 Å². The molecule has 7 nitrogen and oxygen atoms in total. The van der Waals surface area contributed by atoms with Gasteiger partial charge in [0.2, 0.25) is 0 Å². The molecule has 1 N–H and O–H groups in total. The Hall–Kier alpha value is -6.44. The number of hydrogen-bond donors (Lipinski definition) is 1. The van der Waals surface area contributed by atoms with Crippen LogP contribution in [-0.4, -0.2) is 43.1 Å². The van der Waals surface area contributed by atoms with Crippen molar-refractivity contribution in [2.75, 3.05) is 13.9 Å². The number of methoxy groups -OCH3 is 1. The fraction of sp³-hybridized carbons (Fsp3) is 0.355. The Morgan fingerprint density at radius 3 is 1.35 bits per heavy atom. The number of ether oxygens (including phenoxy) is 2. The minimum Gasteiger partial charge on any atom is -0.507 e. The zero-order valence-electron chi connectivity index (χ0n) is 39.4. The van der Waals surface area contributed by atoms with E-state index in [0.29, 0.717) is 39.1 Å². The van der Waals surface area contributed by atoms with Gasteiger partial charge in [-0.15, -0.1) is 0 Å². The second-order valence-electron chi connectivity index (χ2n) is 21.6. The van der Waals surface area contributed by atoms with Gasteiger partial charge in [-0.3, -0.25) is 19.2 Å². The van der Waals surface area contributed by atoms with E-state index in [2.05, 4.69) is 12.1 Å². The van der Waals surface area contributed by atoms with E-state index in [0.717, 1.165) is 120 Å². The average Bonchev–Trinajstić information content (AvgIpc) is 3.37. The molecule has 8 aliphatic carbocycles. The van der Waals surface area contributed by atoms with Gasteiger partial charge in [0.15, 0.2) is 18.4 Å². The number of phenolic OH excluding ortho intramolecular Hbond substituents is 1. The van der Waals surface area contributed by atoms with Gasteiger partial charge < -0.3 is 14.6 Å². The van der Waals surface area contributed by atoms with Gasteiger partial charge in [0.1, 0.15) is 24.1 Å². The molecule has 0 aromatic heterocycles. The van der Waals surface area contributed by atoms with E-state index in [4.69, 9.17) is 9.47 Å². The summed E-state index contributed by atoms with van der Waals surface area (Å²) < 4.78 is 11.6. The molecule has 8 aliphatic rings. The Bertz CT molecular complexity index is 2860. The number of benzene rings is 6. The van der Waals surface area contributed by atoms with E-state index >= 15 is 0 Å². The average molecular weight is 917 g/mol. The van der Waals surface area contributed by atoms with Crippen molar-refractivity contribution in [2.45, 2.75) is 87.9 Å². The zero-order valence-corrected chi connectivity index (χ0v) is 39.4. The Morgan fingerprint density at radius 2 is 0.913 bits per heavy atom. The first-order valence-corrected chi connectivity index (χ1v) is 25.1. The summed E-state index contributed by atoms with van der Waals surface area (Å²) in [6, 6.07) is 41.8. The minimum absolute atomic E-state index is 0.0157. The van der Waals surface area contributed by atoms with E-state index in [1.165, 1.54) is 38.5 Å². The smallest absolute Gasteiger partial charge is 0.196 e. The first kappa shape index (κ1) is 45.0. The fourth-order valence-corrected chi connectivity index (χ4v) is 15.0. The Kier molecular flexibility index (Phi) is 12.1. The third-order valence-electron chi connectivity index (χ3n) is 17.0. The molecule has 0 radical (unpaired) electrons. The van der Waals surface area contributed by atoms with Crippen molar-refractivity contribution in [3.63, 3.8) is 0 Å². The van der Waals surface area contributed by atoms with Gasteiger partial charge in [-0.2, -0.15) is 0 Å². The highest BCUT2D eigenvalue weighted by Gasteiger charge is 2.54. The van der Waals surface area contributed by atoms with Crippen LogP contribution < -0.4 is 4.74 Å². The molecule has 8 bridgehead atoms. The maximum Gasteiger partial charge on any atom is 0.196 e. The molecule has 6 aromatic rings. The van der Waals surface area contributed by atoms with E-state index in [-0.39, 0.29) is 34.9 Å². The summed E-state index contributed by atoms with van der Waals surface area (Å²) in [7, 11) is 1.61. The molecule has 350 valence electrons. The largest absolute Gasteiger partial charge is 0.507 e. The van der Waals surface area contributed by atoms with Gasteiger partial charge >= 0.3 is 0 Å². The van der Waals surface area contributed by atoms with Crippen LogP contribution in [-0.2, 0) is 15.6 Å². The minimum atomic E-state index is -0.160. The van der Waals surface area contributed by atoms with Crippen molar-refractivity contribution >= 4 is 24.1 Å². The molecule has 0 aliphatic heterocycles. The quantitative estimate of drug-likeness (QED) is 0.0698. The molecule has 0 unspecified atom stereocenters. The number of carbonyl (C=O) groups is 4. The summed E-state index contributed by atoms with van der Waals surface area (Å²) >= 11 is 0. The van der Waals surface area contributed by atoms with Crippen LogP contribution in [0.4, 0.5) is 0 Å². The lowest BCUT2D eigenvalue weighted by Gasteiger charge is -2.57. The maximum atomic E-state index is 13.9. The number of carbonyl (C=O) groups excluding carboxylic acids is 4. The Balaban J connectivity index is 0.000000151. The lowest BCUT2D eigenvalue weighted by Crippen LogP contribution is -2.48. The Labute approximate surface area is 405 Å². The second-order valence-corrected chi connectivity index (χ2v) is 21.6. The number of aldehydes is 2. The number of rotatable bonds is 13. The van der Waals surface area contributed by atoms with Crippen molar-refractivity contribution in [3.05, 3.63) is 178 Å². The van der Waals surface area contributed by atoms with Crippen molar-refractivity contribution in [1.29, 1.82) is 0 Å². The summed E-state index contributed by atoms with van der Waals surface area (Å²) in [5, 5.41) is 11.6. The van der Waals surface area contributed by atoms with Crippen LogP contribution in [0.3, 0.4) is 0 Å². The molecule has 14 rings (SSSR count). The monoisotopic (exact) mass is 916 g/mol. The summed E-state index contributed by atoms with van der Waals surface area (Å²) in [6.07, 6.45) is 16.4. The molecule has 0 saturated heterocycles. The van der Waals surface area contributed by atoms with Crippen molar-refractivity contribution in [2.24, 2.45) is 35.5 Å². The lowest BCUT2D eigenvalue weighted by atomic mass is 9.48. The maximum absolute atomic E-state index is 13.9. The number of hydrogen-bond acceptors (Lipinski definition) is 7. The van der Waals surface area contributed by atoms with Crippen LogP contribution in [0, 0.1) is 35.5 Å². The molecule has 0 spiro atoms. The predicted octanol–water partition coefficient (Wildman–Crippen LogP) is 13.4. The first-order valence-electron chi connectivity index (χ1n) is 25.1. The summed E-state index contributed by atoms with van der Waals surface area (Å²) in [6.45, 7) is 0.0917. The SMILES string of the molecule is COCOc1c(C(=O)c2ccccc2)cc(-c2cccc(C=O)c2)cc1C12CC3CC(CC(C3)C1)C2.O=Cc1cccc(-c2cc(C(=O)c3ccccc3)c(O)c(C34CC5CC(CC(C5)C3)C4)c2)c1. The van der Waals surface area contributed by atoms with Gasteiger partial charge in [0.25, 0.3) is 0 Å². The Morgan fingerprint density at radius 1 is 0.507 bits per heavy atom. The number of ketones is 2. The van der Waals surface area contributed by atoms with Gasteiger partial charge in [-0.25, -0.2) is 0 Å². The van der Waals surface area contributed by atoms with Crippen LogP contribution in [0.15, 0.2) is 133 Å². The third kappa shape index (κ3) is 8.58. The topological polar surface area (TPSA) is 107 Å². The molecular weight excluding hydrogens is 857 g/mol. The molecule has 0 amide bonds. The fourth-order valence-electron chi connectivity index (χ4n) is 15.0. The number of phenols is 1. The van der Waals surface area contributed by atoms with Crippen LogP contribution in [0.1, 0.15) is 141 Å². The normalized spacial score (nSPS) is 26.7. The third-order valence-corrected chi connectivity index (χ3v) is 17.0. The highest BCUT2D eigenvalue weighted by atomic mass is 16.7. The molecule has 69 heavy (non-hydrogen) atoms. The summed E-state index contributed by atoms with van der Waals surface area (Å²) in [5.74, 6) is 5.05. The van der Waals surface area contributed by atoms with Gasteiger partial charge in [0.05, 0.1) is 11.1 Å². The van der Waals surface area contributed by atoms with Crippen LogP contribution >= 0.6 is 0 Å². The van der Waals surface area contributed by atoms with Gasteiger partial charge in [-0.05, 0) is 182 Å². The van der Waals surface area contributed by atoms with Crippen molar-refractivity contribution in [1.82, 2.24) is 0 Å². The first-order chi connectivity index (χ1) is 33.6. The van der Waals surface area contributed by atoms with E-state index < -0.39 is 0 Å². The van der Waals surface area contributed by atoms with Crippen LogP contribution in [0.25, 0.3) is 22.3 Å². The molecule has 6 aromatic carbocycles. The summed E-state index contributed by atoms with van der Waals surface area (Å²) in [4.78, 5) is 50.4. The highest BCUT2D eigenvalue weighted by molar-refractivity contribution is 6.12. The van der Waals surface area contributed by atoms with E-state index in [1.54, 1.807) is 31.4 Å². The van der Waals surface area contributed by atoms with Crippen LogP contribution in [0.2, 0.25) is 0 Å². The van der Waals surface area contributed by atoms with E-state index in [1.807, 2.05) is 97.1 Å². The molecular formula is C62H60O7. The van der Waals surface area contributed by atoms with E-state index in [9.17, 15) is 24.3 Å². The molecule has 8 saturated carbocycles.